The molecule has 1 atom stereocenters. The Morgan fingerprint density at radius 2 is 2.00 bits per heavy atom. The fourth-order valence-electron chi connectivity index (χ4n) is 1.75. The SMILES string of the molecule is CC(NS(=O)(=O)c1cnccc1Cl)c1ccccc1Br. The Bertz CT molecular complexity index is 722. The van der Waals surface area contributed by atoms with Crippen LogP contribution in [0.5, 0.6) is 0 Å². The summed E-state index contributed by atoms with van der Waals surface area (Å²) < 4.78 is 28.0. The summed E-state index contributed by atoms with van der Waals surface area (Å²) in [6.45, 7) is 1.77. The van der Waals surface area contributed by atoms with Crippen LogP contribution in [0.4, 0.5) is 0 Å². The minimum Gasteiger partial charge on any atom is -0.263 e. The smallest absolute Gasteiger partial charge is 0.244 e. The third-order valence-electron chi connectivity index (χ3n) is 2.73. The molecular formula is C13H12BrClN2O2S. The van der Waals surface area contributed by atoms with Crippen LogP contribution >= 0.6 is 27.5 Å². The first-order valence-electron chi connectivity index (χ1n) is 5.78. The van der Waals surface area contributed by atoms with Gasteiger partial charge in [-0.1, -0.05) is 45.7 Å². The third kappa shape index (κ3) is 3.38. The molecule has 2 rings (SSSR count). The topological polar surface area (TPSA) is 59.1 Å². The molecule has 0 amide bonds. The van der Waals surface area contributed by atoms with E-state index < -0.39 is 16.1 Å². The lowest BCUT2D eigenvalue weighted by Gasteiger charge is -2.16. The highest BCUT2D eigenvalue weighted by molar-refractivity contribution is 9.10. The van der Waals surface area contributed by atoms with Gasteiger partial charge < -0.3 is 0 Å². The summed E-state index contributed by atoms with van der Waals surface area (Å²) in [6.07, 6.45) is 2.68. The Kier molecular flexibility index (Phi) is 4.80. The summed E-state index contributed by atoms with van der Waals surface area (Å²) in [6, 6.07) is 8.47. The fraction of sp³-hybridized carbons (Fsp3) is 0.154. The van der Waals surface area contributed by atoms with E-state index in [0.29, 0.717) is 0 Å². The summed E-state index contributed by atoms with van der Waals surface area (Å²) >= 11 is 9.30. The van der Waals surface area contributed by atoms with Gasteiger partial charge in [0.1, 0.15) is 4.90 Å². The van der Waals surface area contributed by atoms with Gasteiger partial charge in [0.05, 0.1) is 5.02 Å². The molecule has 0 radical (unpaired) electrons. The molecule has 1 unspecified atom stereocenters. The van der Waals surface area contributed by atoms with Gasteiger partial charge in [0, 0.05) is 22.9 Å². The highest BCUT2D eigenvalue weighted by Gasteiger charge is 2.22. The van der Waals surface area contributed by atoms with E-state index in [1.807, 2.05) is 24.3 Å². The summed E-state index contributed by atoms with van der Waals surface area (Å²) in [4.78, 5) is 3.77. The van der Waals surface area contributed by atoms with Crippen LogP contribution in [0.15, 0.2) is 52.1 Å². The highest BCUT2D eigenvalue weighted by atomic mass is 79.9. The number of nitrogens with zero attached hydrogens (tertiary/aromatic N) is 1. The van der Waals surface area contributed by atoms with E-state index in [1.54, 1.807) is 6.92 Å². The van der Waals surface area contributed by atoms with Crippen LogP contribution in [0.25, 0.3) is 0 Å². The van der Waals surface area contributed by atoms with Crippen molar-refractivity contribution in [2.75, 3.05) is 0 Å². The van der Waals surface area contributed by atoms with Crippen molar-refractivity contribution in [2.24, 2.45) is 0 Å². The largest absolute Gasteiger partial charge is 0.263 e. The predicted molar refractivity (Wildman–Crippen MR) is 82.1 cm³/mol. The number of pyridine rings is 1. The zero-order chi connectivity index (χ0) is 14.8. The van der Waals surface area contributed by atoms with E-state index in [4.69, 9.17) is 11.6 Å². The Morgan fingerprint density at radius 3 is 2.65 bits per heavy atom. The molecule has 7 heteroatoms. The van der Waals surface area contributed by atoms with E-state index in [1.165, 1.54) is 18.5 Å². The maximum atomic E-state index is 12.3. The second kappa shape index (κ2) is 6.22. The molecule has 20 heavy (non-hydrogen) atoms. The highest BCUT2D eigenvalue weighted by Crippen LogP contribution is 2.26. The number of hydrogen-bond donors (Lipinski definition) is 1. The lowest BCUT2D eigenvalue weighted by atomic mass is 10.1. The normalized spacial score (nSPS) is 13.2. The molecule has 1 aromatic carbocycles. The Balaban J connectivity index is 2.30. The molecule has 0 bridgehead atoms. The molecule has 0 saturated carbocycles. The van der Waals surface area contributed by atoms with Gasteiger partial charge in [-0.05, 0) is 24.6 Å². The van der Waals surface area contributed by atoms with Gasteiger partial charge >= 0.3 is 0 Å². The molecule has 4 nitrogen and oxygen atoms in total. The standard InChI is InChI=1S/C13H12BrClN2O2S/c1-9(10-4-2-3-5-11(10)14)17-20(18,19)13-8-16-7-6-12(13)15/h2-9,17H,1H3. The molecule has 0 aliphatic heterocycles. The van der Waals surface area contributed by atoms with Crippen molar-refractivity contribution in [3.05, 3.63) is 57.8 Å². The van der Waals surface area contributed by atoms with Gasteiger partial charge in [0.15, 0.2) is 0 Å². The van der Waals surface area contributed by atoms with Gasteiger partial charge in [-0.2, -0.15) is 0 Å². The molecule has 2 aromatic rings. The van der Waals surface area contributed by atoms with Crippen molar-refractivity contribution in [1.29, 1.82) is 0 Å². The molecule has 0 spiro atoms. The molecule has 1 N–H and O–H groups in total. The fourth-order valence-corrected chi connectivity index (χ4v) is 4.03. The molecule has 0 aliphatic carbocycles. The van der Waals surface area contributed by atoms with Crippen LogP contribution in [0, 0.1) is 0 Å². The van der Waals surface area contributed by atoms with E-state index in [0.717, 1.165) is 10.0 Å². The lowest BCUT2D eigenvalue weighted by molar-refractivity contribution is 0.566. The Labute approximate surface area is 131 Å². The first kappa shape index (κ1) is 15.4. The zero-order valence-corrected chi connectivity index (χ0v) is 13.7. The quantitative estimate of drug-likeness (QED) is 0.889. The first-order valence-corrected chi connectivity index (χ1v) is 8.43. The van der Waals surface area contributed by atoms with Gasteiger partial charge in [-0.25, -0.2) is 13.1 Å². The molecule has 1 aromatic heterocycles. The van der Waals surface area contributed by atoms with E-state index >= 15 is 0 Å². The lowest BCUT2D eigenvalue weighted by Crippen LogP contribution is -2.27. The van der Waals surface area contributed by atoms with Crippen LogP contribution in [0.3, 0.4) is 0 Å². The van der Waals surface area contributed by atoms with E-state index in [9.17, 15) is 8.42 Å². The van der Waals surface area contributed by atoms with Crippen molar-refractivity contribution in [3.63, 3.8) is 0 Å². The molecule has 0 saturated heterocycles. The van der Waals surface area contributed by atoms with Gasteiger partial charge in [-0.15, -0.1) is 0 Å². The molecular weight excluding hydrogens is 364 g/mol. The number of aromatic nitrogens is 1. The Hall–Kier alpha value is -0.950. The van der Waals surface area contributed by atoms with Gasteiger partial charge in [0.2, 0.25) is 10.0 Å². The van der Waals surface area contributed by atoms with Crippen LogP contribution in [-0.2, 0) is 10.0 Å². The second-order valence-corrected chi connectivity index (χ2v) is 7.11. The number of rotatable bonds is 4. The number of benzene rings is 1. The Morgan fingerprint density at radius 1 is 1.30 bits per heavy atom. The average Bonchev–Trinajstić information content (AvgIpc) is 2.38. The van der Waals surface area contributed by atoms with Crippen LogP contribution < -0.4 is 4.72 Å². The van der Waals surface area contributed by atoms with Gasteiger partial charge in [0.25, 0.3) is 0 Å². The van der Waals surface area contributed by atoms with E-state index in [2.05, 4.69) is 25.6 Å². The minimum absolute atomic E-state index is 0.0272. The van der Waals surface area contributed by atoms with Crippen molar-refractivity contribution in [2.45, 2.75) is 17.9 Å². The maximum Gasteiger partial charge on any atom is 0.244 e. The number of nitrogens with one attached hydrogen (secondary N) is 1. The van der Waals surface area contributed by atoms with Crippen LogP contribution in [0.1, 0.15) is 18.5 Å². The molecule has 0 aliphatic rings. The number of sulfonamides is 1. The second-order valence-electron chi connectivity index (χ2n) is 4.17. The van der Waals surface area contributed by atoms with E-state index in [-0.39, 0.29) is 9.92 Å². The molecule has 106 valence electrons. The summed E-state index contributed by atoms with van der Waals surface area (Å²) in [5.41, 5.74) is 0.844. The predicted octanol–water partition coefficient (Wildman–Crippen LogP) is 3.54. The summed E-state index contributed by atoms with van der Waals surface area (Å²) in [5, 5.41) is 0.145. The van der Waals surface area contributed by atoms with Crippen LogP contribution in [0.2, 0.25) is 5.02 Å². The molecule has 1 heterocycles. The summed E-state index contributed by atoms with van der Waals surface area (Å²) in [7, 11) is -3.72. The van der Waals surface area contributed by atoms with Crippen molar-refractivity contribution in [3.8, 4) is 0 Å². The number of hydrogen-bond acceptors (Lipinski definition) is 3. The van der Waals surface area contributed by atoms with Crippen molar-refractivity contribution in [1.82, 2.24) is 9.71 Å². The van der Waals surface area contributed by atoms with Crippen molar-refractivity contribution >= 4 is 37.6 Å². The minimum atomic E-state index is -3.72. The first-order chi connectivity index (χ1) is 9.42. The maximum absolute atomic E-state index is 12.3. The zero-order valence-electron chi connectivity index (χ0n) is 10.5. The van der Waals surface area contributed by atoms with Gasteiger partial charge in [-0.3, -0.25) is 4.98 Å². The monoisotopic (exact) mass is 374 g/mol. The van der Waals surface area contributed by atoms with Crippen LogP contribution in [-0.4, -0.2) is 13.4 Å². The average molecular weight is 376 g/mol. The molecule has 0 fully saturated rings. The summed E-state index contributed by atoms with van der Waals surface area (Å²) in [5.74, 6) is 0. The number of halogens is 2. The van der Waals surface area contributed by atoms with Crippen molar-refractivity contribution < 1.29 is 8.42 Å². The third-order valence-corrected chi connectivity index (χ3v) is 5.46.